The standard InChI is InChI=1S/C18H26N4OS/c1-14-19-18(24-20-14)21(2)12-15-8-10-22(11-9-15)13-17(23)16-6-4-3-5-7-16/h3-7,15,17,23H,8-13H2,1-2H3. The molecular formula is C18H26N4OS. The summed E-state index contributed by atoms with van der Waals surface area (Å²) >= 11 is 1.47. The Bertz CT molecular complexity index is 625. The van der Waals surface area contributed by atoms with E-state index in [9.17, 15) is 5.11 Å². The summed E-state index contributed by atoms with van der Waals surface area (Å²) in [6.07, 6.45) is 1.95. The molecule has 1 fully saturated rings. The van der Waals surface area contributed by atoms with E-state index in [4.69, 9.17) is 0 Å². The Morgan fingerprint density at radius 3 is 2.62 bits per heavy atom. The summed E-state index contributed by atoms with van der Waals surface area (Å²) in [4.78, 5) is 9.06. The van der Waals surface area contributed by atoms with Crippen LogP contribution in [0.2, 0.25) is 0 Å². The zero-order valence-electron chi connectivity index (χ0n) is 14.4. The highest BCUT2D eigenvalue weighted by Gasteiger charge is 2.23. The van der Waals surface area contributed by atoms with Crippen LogP contribution in [-0.4, -0.2) is 52.6 Å². The van der Waals surface area contributed by atoms with E-state index in [1.54, 1.807) is 0 Å². The van der Waals surface area contributed by atoms with Crippen LogP contribution in [0.4, 0.5) is 5.13 Å². The van der Waals surface area contributed by atoms with Gasteiger partial charge in [0.15, 0.2) is 0 Å². The van der Waals surface area contributed by atoms with Gasteiger partial charge in [-0.15, -0.1) is 0 Å². The van der Waals surface area contributed by atoms with Crippen molar-refractivity contribution >= 4 is 16.7 Å². The molecule has 0 spiro atoms. The zero-order chi connectivity index (χ0) is 16.9. The molecule has 1 unspecified atom stereocenters. The minimum atomic E-state index is -0.394. The van der Waals surface area contributed by atoms with Gasteiger partial charge in [0, 0.05) is 31.7 Å². The van der Waals surface area contributed by atoms with Gasteiger partial charge in [0.05, 0.1) is 6.10 Å². The molecule has 2 heterocycles. The number of aromatic nitrogens is 2. The topological polar surface area (TPSA) is 52.5 Å². The molecule has 0 amide bonds. The Hall–Kier alpha value is -1.50. The lowest BCUT2D eigenvalue weighted by Crippen LogP contribution is -2.39. The predicted molar refractivity (Wildman–Crippen MR) is 98.5 cm³/mol. The largest absolute Gasteiger partial charge is 0.387 e. The maximum absolute atomic E-state index is 10.4. The lowest BCUT2D eigenvalue weighted by atomic mass is 9.96. The minimum Gasteiger partial charge on any atom is -0.387 e. The fourth-order valence-electron chi connectivity index (χ4n) is 3.28. The Morgan fingerprint density at radius 2 is 2.00 bits per heavy atom. The van der Waals surface area contributed by atoms with Crippen molar-refractivity contribution in [1.82, 2.24) is 14.3 Å². The molecule has 5 nitrogen and oxygen atoms in total. The smallest absolute Gasteiger partial charge is 0.204 e. The van der Waals surface area contributed by atoms with E-state index >= 15 is 0 Å². The number of rotatable bonds is 6. The molecule has 1 aromatic carbocycles. The van der Waals surface area contributed by atoms with Crippen molar-refractivity contribution < 1.29 is 5.11 Å². The molecule has 0 saturated carbocycles. The number of likely N-dealkylation sites (tertiary alicyclic amines) is 1. The fourth-order valence-corrected chi connectivity index (χ4v) is 3.92. The second kappa shape index (κ2) is 8.05. The van der Waals surface area contributed by atoms with E-state index in [2.05, 4.69) is 26.2 Å². The Balaban J connectivity index is 1.44. The summed E-state index contributed by atoms with van der Waals surface area (Å²) in [5, 5.41) is 11.4. The van der Waals surface area contributed by atoms with Gasteiger partial charge in [-0.3, -0.25) is 0 Å². The summed E-state index contributed by atoms with van der Waals surface area (Å²) in [6.45, 7) is 5.80. The first-order valence-corrected chi connectivity index (χ1v) is 9.36. The van der Waals surface area contributed by atoms with Crippen LogP contribution in [0.15, 0.2) is 30.3 Å². The van der Waals surface area contributed by atoms with E-state index in [0.717, 1.165) is 42.7 Å². The first-order valence-electron chi connectivity index (χ1n) is 8.58. The zero-order valence-corrected chi connectivity index (χ0v) is 15.2. The first kappa shape index (κ1) is 17.3. The van der Waals surface area contributed by atoms with Crippen molar-refractivity contribution in [3.05, 3.63) is 41.7 Å². The lowest BCUT2D eigenvalue weighted by Gasteiger charge is -2.34. The molecule has 1 N–H and O–H groups in total. The van der Waals surface area contributed by atoms with Gasteiger partial charge < -0.3 is 14.9 Å². The number of hydrogen-bond donors (Lipinski definition) is 1. The van der Waals surface area contributed by atoms with Crippen molar-refractivity contribution in [3.8, 4) is 0 Å². The van der Waals surface area contributed by atoms with Crippen LogP contribution in [0.5, 0.6) is 0 Å². The van der Waals surface area contributed by atoms with Gasteiger partial charge in [-0.2, -0.15) is 4.37 Å². The van der Waals surface area contributed by atoms with Gasteiger partial charge >= 0.3 is 0 Å². The number of aliphatic hydroxyl groups is 1. The van der Waals surface area contributed by atoms with Crippen molar-refractivity contribution in [2.75, 3.05) is 38.1 Å². The van der Waals surface area contributed by atoms with E-state index in [1.165, 1.54) is 24.4 Å². The molecule has 3 rings (SSSR count). The first-order chi connectivity index (χ1) is 11.6. The fraction of sp³-hybridized carbons (Fsp3) is 0.556. The highest BCUT2D eigenvalue weighted by molar-refractivity contribution is 7.09. The molecule has 1 atom stereocenters. The van der Waals surface area contributed by atoms with E-state index in [0.29, 0.717) is 5.92 Å². The maximum atomic E-state index is 10.4. The maximum Gasteiger partial charge on any atom is 0.204 e. The van der Waals surface area contributed by atoms with E-state index < -0.39 is 6.10 Å². The number of aliphatic hydroxyl groups excluding tert-OH is 1. The summed E-state index contributed by atoms with van der Waals surface area (Å²) in [5.74, 6) is 1.54. The van der Waals surface area contributed by atoms with Crippen LogP contribution < -0.4 is 4.90 Å². The average Bonchev–Trinajstić information content (AvgIpc) is 3.04. The number of anilines is 1. The minimum absolute atomic E-state index is 0.394. The van der Waals surface area contributed by atoms with Gasteiger partial charge in [-0.25, -0.2) is 4.98 Å². The normalized spacial score (nSPS) is 17.8. The van der Waals surface area contributed by atoms with Crippen LogP contribution in [0.3, 0.4) is 0 Å². The second-order valence-corrected chi connectivity index (χ2v) is 7.41. The number of β-amino-alcohol motifs (C(OH)–C–C–N with tert-alkyl or cyclic N) is 1. The molecular weight excluding hydrogens is 320 g/mol. The van der Waals surface area contributed by atoms with Crippen molar-refractivity contribution in [2.24, 2.45) is 5.92 Å². The summed E-state index contributed by atoms with van der Waals surface area (Å²) in [7, 11) is 2.10. The number of nitrogens with zero attached hydrogens (tertiary/aromatic N) is 4. The van der Waals surface area contributed by atoms with Crippen molar-refractivity contribution in [3.63, 3.8) is 0 Å². The number of benzene rings is 1. The summed E-state index contributed by atoms with van der Waals surface area (Å²) < 4.78 is 4.26. The number of piperidine rings is 1. The van der Waals surface area contributed by atoms with Gasteiger partial charge in [0.1, 0.15) is 5.82 Å². The third-order valence-corrected chi connectivity index (χ3v) is 5.62. The van der Waals surface area contributed by atoms with Crippen LogP contribution in [-0.2, 0) is 0 Å². The molecule has 0 bridgehead atoms. The molecule has 1 aliphatic rings. The molecule has 0 radical (unpaired) electrons. The third kappa shape index (κ3) is 4.53. The SMILES string of the molecule is Cc1nsc(N(C)CC2CCN(CC(O)c3ccccc3)CC2)n1. The molecule has 1 saturated heterocycles. The van der Waals surface area contributed by atoms with Crippen LogP contribution in [0, 0.1) is 12.8 Å². The third-order valence-electron chi connectivity index (χ3n) is 4.70. The predicted octanol–water partition coefficient (Wildman–Crippen LogP) is 2.73. The molecule has 0 aliphatic carbocycles. The quantitative estimate of drug-likeness (QED) is 0.872. The van der Waals surface area contributed by atoms with Crippen molar-refractivity contribution in [1.29, 1.82) is 0 Å². The van der Waals surface area contributed by atoms with E-state index in [-0.39, 0.29) is 0 Å². The monoisotopic (exact) mass is 346 g/mol. The lowest BCUT2D eigenvalue weighted by molar-refractivity contribution is 0.0902. The van der Waals surface area contributed by atoms with Crippen molar-refractivity contribution in [2.45, 2.75) is 25.9 Å². The Kier molecular flexibility index (Phi) is 5.81. The molecule has 2 aromatic rings. The van der Waals surface area contributed by atoms with E-state index in [1.807, 2.05) is 37.3 Å². The van der Waals surface area contributed by atoms with Crippen LogP contribution in [0.1, 0.15) is 30.3 Å². The highest BCUT2D eigenvalue weighted by Crippen LogP contribution is 2.24. The van der Waals surface area contributed by atoms with Gasteiger partial charge in [-0.1, -0.05) is 30.3 Å². The summed E-state index contributed by atoms with van der Waals surface area (Å²) in [5.41, 5.74) is 1.01. The van der Waals surface area contributed by atoms with Crippen LogP contribution >= 0.6 is 11.5 Å². The number of hydrogen-bond acceptors (Lipinski definition) is 6. The second-order valence-electron chi connectivity index (χ2n) is 6.68. The highest BCUT2D eigenvalue weighted by atomic mass is 32.1. The molecule has 1 aliphatic heterocycles. The Morgan fingerprint density at radius 1 is 1.29 bits per heavy atom. The molecule has 24 heavy (non-hydrogen) atoms. The van der Waals surface area contributed by atoms with Gasteiger partial charge in [-0.05, 0) is 44.3 Å². The van der Waals surface area contributed by atoms with Gasteiger partial charge in [0.2, 0.25) is 5.13 Å². The molecule has 130 valence electrons. The molecule has 1 aromatic heterocycles. The average molecular weight is 347 g/mol. The van der Waals surface area contributed by atoms with Gasteiger partial charge in [0.25, 0.3) is 0 Å². The Labute approximate surface area is 148 Å². The molecule has 6 heteroatoms. The number of aryl methyl sites for hydroxylation is 1. The van der Waals surface area contributed by atoms with Crippen LogP contribution in [0.25, 0.3) is 0 Å². The summed E-state index contributed by atoms with van der Waals surface area (Å²) in [6, 6.07) is 9.94.